The summed E-state index contributed by atoms with van der Waals surface area (Å²) in [6.45, 7) is 2.38. The van der Waals surface area contributed by atoms with E-state index in [0.717, 1.165) is 6.42 Å². The molecular formula is C7H13IO3. The van der Waals surface area contributed by atoms with Crippen LogP contribution in [-0.2, 0) is 9.53 Å². The van der Waals surface area contributed by atoms with Crippen LogP contribution >= 0.6 is 22.6 Å². The molecule has 0 radical (unpaired) electrons. The van der Waals surface area contributed by atoms with Gasteiger partial charge in [0.25, 0.3) is 0 Å². The molecule has 0 aromatic heterocycles. The summed E-state index contributed by atoms with van der Waals surface area (Å²) in [5.41, 5.74) is 0. The van der Waals surface area contributed by atoms with Gasteiger partial charge in [-0.05, 0) is 6.42 Å². The lowest BCUT2D eigenvalue weighted by molar-refractivity contribution is -0.145. The minimum atomic E-state index is -0.556. The van der Waals surface area contributed by atoms with Crippen LogP contribution in [-0.4, -0.2) is 28.2 Å². The van der Waals surface area contributed by atoms with Crippen LogP contribution in [0.1, 0.15) is 19.8 Å². The van der Waals surface area contributed by atoms with E-state index in [0.29, 0.717) is 11.0 Å². The Bertz CT molecular complexity index is 116. The summed E-state index contributed by atoms with van der Waals surface area (Å²) in [6.07, 6.45) is 0.384. The second-order valence-corrected chi connectivity index (χ2v) is 3.11. The number of rotatable bonds is 5. The topological polar surface area (TPSA) is 46.5 Å². The Labute approximate surface area is 80.3 Å². The zero-order valence-electron chi connectivity index (χ0n) is 6.55. The maximum Gasteiger partial charge on any atom is 0.308 e. The monoisotopic (exact) mass is 272 g/mol. The van der Waals surface area contributed by atoms with E-state index in [1.54, 1.807) is 0 Å². The van der Waals surface area contributed by atoms with Gasteiger partial charge in [0.1, 0.15) is 0 Å². The van der Waals surface area contributed by atoms with Crippen LogP contribution in [0.25, 0.3) is 0 Å². The molecule has 1 N–H and O–H groups in total. The number of esters is 1. The van der Waals surface area contributed by atoms with Crippen LogP contribution in [0.5, 0.6) is 0 Å². The van der Waals surface area contributed by atoms with Crippen molar-refractivity contribution in [3.63, 3.8) is 0 Å². The Morgan fingerprint density at radius 2 is 2.36 bits per heavy atom. The highest BCUT2D eigenvalue weighted by atomic mass is 127. The quantitative estimate of drug-likeness (QED) is 0.463. The Kier molecular flexibility index (Phi) is 6.94. The van der Waals surface area contributed by atoms with Gasteiger partial charge in [-0.3, -0.25) is 4.79 Å². The van der Waals surface area contributed by atoms with E-state index in [4.69, 9.17) is 9.84 Å². The molecule has 66 valence electrons. The summed E-state index contributed by atoms with van der Waals surface area (Å²) in [6, 6.07) is 0. The van der Waals surface area contributed by atoms with Gasteiger partial charge in [0.15, 0.2) is 0 Å². The van der Waals surface area contributed by atoms with E-state index >= 15 is 0 Å². The Morgan fingerprint density at radius 3 is 2.82 bits per heavy atom. The molecule has 0 aliphatic heterocycles. The summed E-state index contributed by atoms with van der Waals surface area (Å²) >= 11 is 2.03. The maximum atomic E-state index is 10.8. The first-order valence-electron chi connectivity index (χ1n) is 3.60. The summed E-state index contributed by atoms with van der Waals surface area (Å²) in [4.78, 5) is 10.8. The second kappa shape index (κ2) is 6.84. The van der Waals surface area contributed by atoms with Crippen LogP contribution in [0, 0.1) is 0 Å². The number of carbonyl (C=O) groups excluding carboxylic acids is 1. The number of aliphatic hydroxyl groups excluding tert-OH is 1. The van der Waals surface area contributed by atoms with Gasteiger partial charge in [0.05, 0.1) is 19.1 Å². The highest BCUT2D eigenvalue weighted by molar-refractivity contribution is 14.1. The molecule has 0 bridgehead atoms. The molecule has 0 rings (SSSR count). The first-order valence-corrected chi connectivity index (χ1v) is 5.13. The van der Waals surface area contributed by atoms with Crippen LogP contribution in [0.15, 0.2) is 0 Å². The highest BCUT2D eigenvalue weighted by Crippen LogP contribution is 1.98. The molecule has 1 unspecified atom stereocenters. The molecule has 4 heteroatoms. The molecule has 0 aliphatic rings. The number of hydrogen-bond acceptors (Lipinski definition) is 3. The lowest BCUT2D eigenvalue weighted by atomic mass is 10.3. The Hall–Kier alpha value is 0.160. The zero-order chi connectivity index (χ0) is 8.69. The number of carbonyl (C=O) groups is 1. The molecule has 0 amide bonds. The largest absolute Gasteiger partial charge is 0.466 e. The Balaban J connectivity index is 3.36. The molecule has 0 aromatic rings. The summed E-state index contributed by atoms with van der Waals surface area (Å²) in [5, 5.41) is 9.02. The average molecular weight is 272 g/mol. The number of aliphatic hydroxyl groups is 1. The smallest absolute Gasteiger partial charge is 0.308 e. The minimum Gasteiger partial charge on any atom is -0.466 e. The van der Waals surface area contributed by atoms with Crippen LogP contribution in [0.4, 0.5) is 0 Å². The van der Waals surface area contributed by atoms with Crippen molar-refractivity contribution < 1.29 is 14.6 Å². The standard InChI is InChI=1S/C7H13IO3/c1-2-3-11-7(10)4-6(9)5-8/h6,9H,2-5H2,1H3. The van der Waals surface area contributed by atoms with E-state index in [2.05, 4.69) is 0 Å². The van der Waals surface area contributed by atoms with Gasteiger partial charge in [0.2, 0.25) is 0 Å². The number of hydrogen-bond donors (Lipinski definition) is 1. The van der Waals surface area contributed by atoms with Crippen molar-refractivity contribution in [2.24, 2.45) is 0 Å². The molecule has 0 saturated carbocycles. The van der Waals surface area contributed by atoms with Gasteiger partial charge < -0.3 is 9.84 Å². The molecule has 0 heterocycles. The van der Waals surface area contributed by atoms with E-state index in [1.807, 2.05) is 29.5 Å². The van der Waals surface area contributed by atoms with E-state index in [-0.39, 0.29) is 12.4 Å². The highest BCUT2D eigenvalue weighted by Gasteiger charge is 2.09. The van der Waals surface area contributed by atoms with Gasteiger partial charge in [-0.15, -0.1) is 0 Å². The zero-order valence-corrected chi connectivity index (χ0v) is 8.70. The van der Waals surface area contributed by atoms with Crippen molar-refractivity contribution >= 4 is 28.6 Å². The lowest BCUT2D eigenvalue weighted by Crippen LogP contribution is -2.16. The molecule has 0 aromatic carbocycles. The molecule has 11 heavy (non-hydrogen) atoms. The molecule has 0 aliphatic carbocycles. The van der Waals surface area contributed by atoms with Gasteiger partial charge in [0, 0.05) is 4.43 Å². The van der Waals surface area contributed by atoms with Gasteiger partial charge in [-0.1, -0.05) is 29.5 Å². The maximum absolute atomic E-state index is 10.8. The SMILES string of the molecule is CCCOC(=O)CC(O)CI. The third kappa shape index (κ3) is 6.55. The van der Waals surface area contributed by atoms with Gasteiger partial charge >= 0.3 is 5.97 Å². The van der Waals surface area contributed by atoms with Crippen molar-refractivity contribution in [1.29, 1.82) is 0 Å². The van der Waals surface area contributed by atoms with E-state index < -0.39 is 6.10 Å². The predicted octanol–water partition coefficient (Wildman–Crippen LogP) is 1.13. The number of alkyl halides is 1. The molecule has 0 spiro atoms. The first-order chi connectivity index (χ1) is 5.20. The molecule has 3 nitrogen and oxygen atoms in total. The molecular weight excluding hydrogens is 259 g/mol. The summed E-state index contributed by atoms with van der Waals surface area (Å²) in [7, 11) is 0. The van der Waals surface area contributed by atoms with Crippen LogP contribution in [0.2, 0.25) is 0 Å². The fourth-order valence-corrected chi connectivity index (χ4v) is 0.833. The van der Waals surface area contributed by atoms with E-state index in [1.165, 1.54) is 0 Å². The van der Waals surface area contributed by atoms with Crippen molar-refractivity contribution in [1.82, 2.24) is 0 Å². The predicted molar refractivity (Wildman–Crippen MR) is 50.8 cm³/mol. The summed E-state index contributed by atoms with van der Waals surface area (Å²) < 4.78 is 5.33. The summed E-state index contributed by atoms with van der Waals surface area (Å²) in [5.74, 6) is -0.309. The van der Waals surface area contributed by atoms with Crippen molar-refractivity contribution in [2.45, 2.75) is 25.9 Å². The average Bonchev–Trinajstić information content (AvgIpc) is 2.00. The number of halogens is 1. The van der Waals surface area contributed by atoms with Crippen molar-refractivity contribution in [3.8, 4) is 0 Å². The lowest BCUT2D eigenvalue weighted by Gasteiger charge is -2.05. The van der Waals surface area contributed by atoms with Crippen LogP contribution < -0.4 is 0 Å². The van der Waals surface area contributed by atoms with Crippen molar-refractivity contribution in [3.05, 3.63) is 0 Å². The molecule has 0 fully saturated rings. The van der Waals surface area contributed by atoms with Crippen LogP contribution in [0.3, 0.4) is 0 Å². The third-order valence-electron chi connectivity index (χ3n) is 1.05. The third-order valence-corrected chi connectivity index (χ3v) is 2.06. The first kappa shape index (κ1) is 11.2. The van der Waals surface area contributed by atoms with Gasteiger partial charge in [-0.2, -0.15) is 0 Å². The number of ether oxygens (including phenoxy) is 1. The van der Waals surface area contributed by atoms with E-state index in [9.17, 15) is 4.79 Å². The van der Waals surface area contributed by atoms with Crippen molar-refractivity contribution in [2.75, 3.05) is 11.0 Å². The molecule has 0 saturated heterocycles. The molecule has 1 atom stereocenters. The fourth-order valence-electron chi connectivity index (χ4n) is 0.522. The normalized spacial score (nSPS) is 12.6. The fraction of sp³-hybridized carbons (Fsp3) is 0.857. The minimum absolute atomic E-state index is 0.114. The van der Waals surface area contributed by atoms with Gasteiger partial charge in [-0.25, -0.2) is 0 Å². The second-order valence-electron chi connectivity index (χ2n) is 2.23. The Morgan fingerprint density at radius 1 is 1.73 bits per heavy atom.